The molecule has 23 heteroatoms. The number of carbonyl (C=O) groups is 2. The highest BCUT2D eigenvalue weighted by Crippen LogP contribution is 2.42. The van der Waals surface area contributed by atoms with E-state index in [1.807, 2.05) is 21.5 Å². The molecule has 10 N–H and O–H groups in total. The topological polar surface area (TPSA) is 267 Å². The number of aromatic nitrogens is 4. The molecule has 2 fully saturated rings. The van der Waals surface area contributed by atoms with Crippen LogP contribution in [0.5, 0.6) is 11.5 Å². The fourth-order valence-electron chi connectivity index (χ4n) is 6.79. The Kier molecular flexibility index (Phi) is 16.2. The third kappa shape index (κ3) is 12.0. The summed E-state index contributed by atoms with van der Waals surface area (Å²) in [5.41, 5.74) is 12.6. The molecule has 4 aromatic carbocycles. The Hall–Kier alpha value is -5.68. The number of nitrogens with two attached hydrogens (primary N) is 4. The molecule has 6 aromatic rings. The van der Waals surface area contributed by atoms with Crippen molar-refractivity contribution in [3.8, 4) is 11.5 Å². The Morgan fingerprint density at radius 3 is 1.35 bits per heavy atom. The second-order valence-corrected chi connectivity index (χ2v) is 16.0. The van der Waals surface area contributed by atoms with Crippen molar-refractivity contribution in [3.05, 3.63) is 154 Å². The van der Waals surface area contributed by atoms with Crippen LogP contribution in [0.2, 0.25) is 20.1 Å². The zero-order valence-corrected chi connectivity index (χ0v) is 37.2. The number of urea groups is 2. The number of halogens is 4. The molecular formula is C42H44Cl4N10O9. The molecule has 4 heterocycles. The number of nitrogens with zero attached hydrogens (tertiary/aromatic N) is 6. The first-order chi connectivity index (χ1) is 30.7. The smallest absolute Gasteiger partial charge is 0.333 e. The van der Waals surface area contributed by atoms with Crippen LogP contribution in [0.25, 0.3) is 0 Å². The van der Waals surface area contributed by atoms with Gasteiger partial charge in [-0.3, -0.25) is 0 Å². The molecule has 65 heavy (non-hydrogen) atoms. The van der Waals surface area contributed by atoms with Crippen molar-refractivity contribution < 1.29 is 43.5 Å². The number of benzene rings is 4. The molecule has 4 amide bonds. The first-order valence-corrected chi connectivity index (χ1v) is 20.8. The number of hydrazine groups is 2. The van der Waals surface area contributed by atoms with Crippen LogP contribution in [0.15, 0.2) is 122 Å². The molecule has 4 atom stereocenters. The molecule has 0 spiro atoms. The molecule has 2 aliphatic heterocycles. The lowest BCUT2D eigenvalue weighted by Crippen LogP contribution is -2.41. The molecule has 0 saturated carbocycles. The maximum absolute atomic E-state index is 11.2. The third-order valence-corrected chi connectivity index (χ3v) is 11.0. The summed E-state index contributed by atoms with van der Waals surface area (Å²) in [6, 6.07) is 22.1. The number of hydrogen-bond donors (Lipinski definition) is 4. The number of imidazole rings is 2. The van der Waals surface area contributed by atoms with Gasteiger partial charge in [-0.2, -0.15) is 0 Å². The first kappa shape index (κ1) is 48.8. The highest BCUT2D eigenvalue weighted by Gasteiger charge is 2.46. The second kappa shape index (κ2) is 21.5. The molecule has 0 aliphatic carbocycles. The summed E-state index contributed by atoms with van der Waals surface area (Å²) >= 11 is 25.1. The van der Waals surface area contributed by atoms with Gasteiger partial charge in [0.1, 0.15) is 36.9 Å². The minimum absolute atomic E-state index is 0. The molecule has 8 rings (SSSR count). The molecule has 344 valence electrons. The van der Waals surface area contributed by atoms with E-state index in [4.69, 9.17) is 98.0 Å². The lowest BCUT2D eigenvalue weighted by Gasteiger charge is -2.30. The van der Waals surface area contributed by atoms with Gasteiger partial charge >= 0.3 is 12.1 Å². The van der Waals surface area contributed by atoms with Crippen molar-refractivity contribution in [1.82, 2.24) is 19.1 Å². The molecular weight excluding hydrogens is 930 g/mol. The fourth-order valence-corrected chi connectivity index (χ4v) is 7.89. The van der Waals surface area contributed by atoms with E-state index in [2.05, 4.69) is 9.97 Å². The highest BCUT2D eigenvalue weighted by atomic mass is 35.5. The minimum Gasteiger partial charge on any atom is -0.491 e. The van der Waals surface area contributed by atoms with Gasteiger partial charge in [0.25, 0.3) is 0 Å². The van der Waals surface area contributed by atoms with Crippen LogP contribution in [-0.4, -0.2) is 75.3 Å². The predicted octanol–water partition coefficient (Wildman–Crippen LogP) is 5.77. The van der Waals surface area contributed by atoms with Crippen LogP contribution in [0.1, 0.15) is 11.1 Å². The number of hydrogen-bond acceptors (Lipinski definition) is 12. The number of amides is 4. The van der Waals surface area contributed by atoms with E-state index in [0.29, 0.717) is 80.4 Å². The van der Waals surface area contributed by atoms with E-state index in [1.54, 1.807) is 110 Å². The fraction of sp³-hybridized carbons (Fsp3) is 0.238. The summed E-state index contributed by atoms with van der Waals surface area (Å²) in [6.07, 6.45) is 9.62. The van der Waals surface area contributed by atoms with Gasteiger partial charge in [0.2, 0.25) is 11.6 Å². The normalized spacial score (nSPS) is 20.0. The Morgan fingerprint density at radius 2 is 1.03 bits per heavy atom. The zero-order chi connectivity index (χ0) is 45.4. The number of carbonyl (C=O) groups excluding carboxylic acids is 2. The van der Waals surface area contributed by atoms with Gasteiger partial charge in [0.15, 0.2) is 0 Å². The molecule has 2 aromatic heterocycles. The molecule has 4 unspecified atom stereocenters. The van der Waals surface area contributed by atoms with Crippen LogP contribution < -0.4 is 42.6 Å². The van der Waals surface area contributed by atoms with Crippen molar-refractivity contribution in [3.63, 3.8) is 0 Å². The second-order valence-electron chi connectivity index (χ2n) is 14.4. The first-order valence-electron chi connectivity index (χ1n) is 19.3. The number of anilines is 2. The Morgan fingerprint density at radius 1 is 0.646 bits per heavy atom. The van der Waals surface area contributed by atoms with E-state index < -0.39 is 23.6 Å². The minimum atomic E-state index is -1.12. The number of rotatable bonds is 14. The van der Waals surface area contributed by atoms with Crippen LogP contribution in [0, 0.1) is 0 Å². The van der Waals surface area contributed by atoms with Crippen molar-refractivity contribution in [2.24, 2.45) is 23.2 Å². The Labute approximate surface area is 392 Å². The van der Waals surface area contributed by atoms with E-state index in [-0.39, 0.29) is 30.9 Å². The van der Waals surface area contributed by atoms with E-state index >= 15 is 0 Å². The largest absolute Gasteiger partial charge is 0.491 e. The van der Waals surface area contributed by atoms with Gasteiger partial charge in [-0.15, -0.1) is 0 Å². The van der Waals surface area contributed by atoms with Crippen LogP contribution in [0.4, 0.5) is 21.0 Å². The van der Waals surface area contributed by atoms with Gasteiger partial charge in [0.05, 0.1) is 60.4 Å². The summed E-state index contributed by atoms with van der Waals surface area (Å²) in [5, 5.41) is 3.61. The van der Waals surface area contributed by atoms with Gasteiger partial charge in [0, 0.05) is 46.0 Å². The lowest BCUT2D eigenvalue weighted by atomic mass is 10.1. The number of ether oxygens (including phenoxy) is 6. The van der Waals surface area contributed by atoms with Crippen molar-refractivity contribution >= 4 is 69.8 Å². The average Bonchev–Trinajstić information content (AvgIpc) is 4.13. The van der Waals surface area contributed by atoms with Crippen molar-refractivity contribution in [1.29, 1.82) is 0 Å². The molecule has 0 radical (unpaired) electrons. The summed E-state index contributed by atoms with van der Waals surface area (Å²) in [4.78, 5) is 30.5. The molecule has 2 saturated heterocycles. The van der Waals surface area contributed by atoms with E-state index in [1.165, 1.54) is 0 Å². The molecule has 0 bridgehead atoms. The van der Waals surface area contributed by atoms with Crippen LogP contribution in [-0.2, 0) is 43.6 Å². The standard InChI is InChI=1S/2C21H21Cl2N5O4.H2O/c2*22-14-1-6-18(19(23)9-14)21(12-27-8-7-26-13-27)31-11-17(32-21)10-30-16-4-2-15(3-5-16)28(25)20(24)29;/h2*1-9,13,17H,10-12,25H2,(H2,24,29);1H2. The summed E-state index contributed by atoms with van der Waals surface area (Å²) in [6.45, 7) is 1.75. The summed E-state index contributed by atoms with van der Waals surface area (Å²) < 4.78 is 40.3. The van der Waals surface area contributed by atoms with Crippen LogP contribution >= 0.6 is 46.4 Å². The monoisotopic (exact) mass is 972 g/mol. The quantitative estimate of drug-likeness (QED) is 0.0576. The third-order valence-electron chi connectivity index (χ3n) is 9.88. The van der Waals surface area contributed by atoms with Crippen molar-refractivity contribution in [2.45, 2.75) is 36.9 Å². The van der Waals surface area contributed by atoms with Crippen molar-refractivity contribution in [2.75, 3.05) is 36.4 Å². The van der Waals surface area contributed by atoms with E-state index in [9.17, 15) is 9.59 Å². The van der Waals surface area contributed by atoms with Crippen LogP contribution in [0.3, 0.4) is 0 Å². The van der Waals surface area contributed by atoms with Gasteiger partial charge in [-0.05, 0) is 72.8 Å². The van der Waals surface area contributed by atoms with Gasteiger partial charge < -0.3 is 54.5 Å². The maximum Gasteiger partial charge on any atom is 0.333 e. The lowest BCUT2D eigenvalue weighted by molar-refractivity contribution is -0.189. The Balaban J connectivity index is 0.000000212. The summed E-state index contributed by atoms with van der Waals surface area (Å²) in [5.74, 6) is 10.1. The number of primary amides is 2. The van der Waals surface area contributed by atoms with Gasteiger partial charge in [-0.1, -0.05) is 58.5 Å². The van der Waals surface area contributed by atoms with Gasteiger partial charge in [-0.25, -0.2) is 41.3 Å². The maximum atomic E-state index is 11.2. The molecule has 19 nitrogen and oxygen atoms in total. The summed E-state index contributed by atoms with van der Waals surface area (Å²) in [7, 11) is 0. The highest BCUT2D eigenvalue weighted by molar-refractivity contribution is 6.35. The molecule has 2 aliphatic rings. The Bertz CT molecular complexity index is 2340. The zero-order valence-electron chi connectivity index (χ0n) is 34.2. The average molecular weight is 975 g/mol. The predicted molar refractivity (Wildman–Crippen MR) is 242 cm³/mol. The van der Waals surface area contributed by atoms with E-state index in [0.717, 1.165) is 10.0 Å². The SMILES string of the molecule is NC(=O)N(N)c1ccc(OCC2COC(Cn3ccnc3)(c3ccc(Cl)cc3Cl)O2)cc1.NC(=O)N(N)c1ccc(OCC2COC(Cn3ccnc3)(c3ccc(Cl)cc3Cl)O2)cc1.O.